The highest BCUT2D eigenvalue weighted by Crippen LogP contribution is 2.36. The molecule has 0 bridgehead atoms. The number of amides is 1. The summed E-state index contributed by atoms with van der Waals surface area (Å²) in [7, 11) is 0. The minimum atomic E-state index is -0.244. The quantitative estimate of drug-likeness (QED) is 0.347. The molecule has 0 aliphatic heterocycles. The zero-order chi connectivity index (χ0) is 20.5. The Hall–Kier alpha value is -3.41. The second-order valence-corrected chi connectivity index (χ2v) is 8.16. The van der Waals surface area contributed by atoms with E-state index in [-0.39, 0.29) is 5.91 Å². The number of para-hydroxylation sites is 1. The molecule has 0 aliphatic carbocycles. The highest BCUT2D eigenvalue weighted by atomic mass is 35.5. The van der Waals surface area contributed by atoms with Crippen molar-refractivity contribution < 1.29 is 4.79 Å². The molecule has 0 fully saturated rings. The van der Waals surface area contributed by atoms with Gasteiger partial charge in [0.1, 0.15) is 10.6 Å². The molecule has 5 aromatic rings. The second-order valence-electron chi connectivity index (χ2n) is 6.73. The summed E-state index contributed by atoms with van der Waals surface area (Å²) in [5, 5.41) is 9.12. The first-order valence-electron chi connectivity index (χ1n) is 9.39. The summed E-state index contributed by atoms with van der Waals surface area (Å²) in [6.45, 7) is 0. The standard InChI is InChI=1S/C24H16ClN3OS/c25-21-18-13-7-8-14-20(18)30-23(21)24(29)26-19-15-28(17-11-5-2-6-12-17)27-22(19)16-9-3-1-4-10-16/h1-15H,(H,26,29). The van der Waals surface area contributed by atoms with Crippen molar-refractivity contribution in [3.8, 4) is 16.9 Å². The average molecular weight is 430 g/mol. The summed E-state index contributed by atoms with van der Waals surface area (Å²) in [6.07, 6.45) is 1.83. The van der Waals surface area contributed by atoms with Crippen LogP contribution < -0.4 is 5.32 Å². The fourth-order valence-corrected chi connectivity index (χ4v) is 4.74. The number of aromatic nitrogens is 2. The first-order valence-corrected chi connectivity index (χ1v) is 10.6. The Morgan fingerprint density at radius 2 is 1.57 bits per heavy atom. The van der Waals surface area contributed by atoms with E-state index < -0.39 is 0 Å². The van der Waals surface area contributed by atoms with Gasteiger partial charge in [0.2, 0.25) is 0 Å². The van der Waals surface area contributed by atoms with E-state index in [0.717, 1.165) is 21.3 Å². The van der Waals surface area contributed by atoms with Crippen molar-refractivity contribution in [3.05, 3.63) is 101 Å². The normalized spacial score (nSPS) is 11.0. The van der Waals surface area contributed by atoms with E-state index in [4.69, 9.17) is 16.7 Å². The molecule has 5 rings (SSSR count). The molecule has 0 saturated heterocycles. The SMILES string of the molecule is O=C(Nc1cn(-c2ccccc2)nc1-c1ccccc1)c1sc2ccccc2c1Cl. The Bertz CT molecular complexity index is 1340. The zero-order valence-corrected chi connectivity index (χ0v) is 17.3. The van der Waals surface area contributed by atoms with E-state index in [1.165, 1.54) is 11.3 Å². The van der Waals surface area contributed by atoms with Crippen molar-refractivity contribution in [1.82, 2.24) is 9.78 Å². The van der Waals surface area contributed by atoms with Gasteiger partial charge in [-0.1, -0.05) is 78.3 Å². The fourth-order valence-electron chi connectivity index (χ4n) is 3.33. The Labute approximate surface area is 182 Å². The third-order valence-electron chi connectivity index (χ3n) is 4.77. The van der Waals surface area contributed by atoms with Crippen molar-refractivity contribution >= 4 is 44.6 Å². The van der Waals surface area contributed by atoms with Gasteiger partial charge in [0.05, 0.1) is 22.6 Å². The maximum Gasteiger partial charge on any atom is 0.267 e. The molecular weight excluding hydrogens is 414 g/mol. The van der Waals surface area contributed by atoms with Crippen molar-refractivity contribution in [2.75, 3.05) is 5.32 Å². The molecule has 0 spiro atoms. The van der Waals surface area contributed by atoms with E-state index >= 15 is 0 Å². The molecule has 0 aliphatic rings. The number of nitrogens with zero attached hydrogens (tertiary/aromatic N) is 2. The van der Waals surface area contributed by atoms with Crippen LogP contribution in [-0.4, -0.2) is 15.7 Å². The van der Waals surface area contributed by atoms with Crippen LogP contribution in [0.15, 0.2) is 91.1 Å². The molecule has 2 aromatic heterocycles. The van der Waals surface area contributed by atoms with Gasteiger partial charge in [-0.15, -0.1) is 11.3 Å². The van der Waals surface area contributed by atoms with Crippen LogP contribution in [-0.2, 0) is 0 Å². The molecule has 0 radical (unpaired) electrons. The number of anilines is 1. The number of carbonyl (C=O) groups is 1. The van der Waals surface area contributed by atoms with E-state index in [2.05, 4.69) is 5.32 Å². The van der Waals surface area contributed by atoms with Crippen molar-refractivity contribution in [2.24, 2.45) is 0 Å². The van der Waals surface area contributed by atoms with Crippen LogP contribution in [0, 0.1) is 0 Å². The topological polar surface area (TPSA) is 46.9 Å². The van der Waals surface area contributed by atoms with Gasteiger partial charge in [0.25, 0.3) is 5.91 Å². The summed E-state index contributed by atoms with van der Waals surface area (Å²) in [5.74, 6) is -0.244. The Kier molecular flexibility index (Phi) is 4.83. The number of halogens is 1. The van der Waals surface area contributed by atoms with Crippen LogP contribution >= 0.6 is 22.9 Å². The molecule has 3 aromatic carbocycles. The maximum absolute atomic E-state index is 13.1. The van der Waals surface area contributed by atoms with Crippen molar-refractivity contribution in [2.45, 2.75) is 0 Å². The third-order valence-corrected chi connectivity index (χ3v) is 6.45. The predicted octanol–water partition coefficient (Wildman–Crippen LogP) is 6.66. The minimum Gasteiger partial charge on any atom is -0.318 e. The van der Waals surface area contributed by atoms with E-state index in [0.29, 0.717) is 21.3 Å². The van der Waals surface area contributed by atoms with Crippen LogP contribution in [0.3, 0.4) is 0 Å². The molecule has 1 amide bonds. The minimum absolute atomic E-state index is 0.244. The van der Waals surface area contributed by atoms with Gasteiger partial charge in [-0.3, -0.25) is 4.79 Å². The van der Waals surface area contributed by atoms with Gasteiger partial charge in [-0.05, 0) is 18.2 Å². The van der Waals surface area contributed by atoms with Crippen LogP contribution in [0.5, 0.6) is 0 Å². The third kappa shape index (κ3) is 3.38. The molecule has 146 valence electrons. The van der Waals surface area contributed by atoms with Crippen LogP contribution in [0.2, 0.25) is 5.02 Å². The van der Waals surface area contributed by atoms with Gasteiger partial charge in [0.15, 0.2) is 0 Å². The lowest BCUT2D eigenvalue weighted by Crippen LogP contribution is -2.10. The number of hydrogen-bond acceptors (Lipinski definition) is 3. The highest BCUT2D eigenvalue weighted by Gasteiger charge is 2.20. The Morgan fingerprint density at radius 3 is 2.30 bits per heavy atom. The lowest BCUT2D eigenvalue weighted by Gasteiger charge is -2.04. The van der Waals surface area contributed by atoms with E-state index in [9.17, 15) is 4.79 Å². The number of benzene rings is 3. The van der Waals surface area contributed by atoms with Crippen molar-refractivity contribution in [1.29, 1.82) is 0 Å². The largest absolute Gasteiger partial charge is 0.318 e. The molecule has 0 unspecified atom stereocenters. The van der Waals surface area contributed by atoms with Crippen LogP contribution in [0.4, 0.5) is 5.69 Å². The number of carbonyl (C=O) groups excluding carboxylic acids is 1. The second kappa shape index (κ2) is 7.78. The summed E-state index contributed by atoms with van der Waals surface area (Å²) < 4.78 is 2.75. The number of hydrogen-bond donors (Lipinski definition) is 1. The fraction of sp³-hybridized carbons (Fsp3) is 0. The first kappa shape index (κ1) is 18.6. The van der Waals surface area contributed by atoms with Gasteiger partial charge in [-0.25, -0.2) is 4.68 Å². The Morgan fingerprint density at radius 1 is 0.900 bits per heavy atom. The molecule has 4 nitrogen and oxygen atoms in total. The molecule has 1 N–H and O–H groups in total. The summed E-state index contributed by atoms with van der Waals surface area (Å²) in [6, 6.07) is 27.3. The molecule has 0 saturated carbocycles. The van der Waals surface area contributed by atoms with Crippen molar-refractivity contribution in [3.63, 3.8) is 0 Å². The number of rotatable bonds is 4. The predicted molar refractivity (Wildman–Crippen MR) is 124 cm³/mol. The van der Waals surface area contributed by atoms with Gasteiger partial charge in [0, 0.05) is 15.6 Å². The molecule has 6 heteroatoms. The average Bonchev–Trinajstić information content (AvgIpc) is 3.37. The number of fused-ring (bicyclic) bond motifs is 1. The van der Waals surface area contributed by atoms with Crippen LogP contribution in [0.1, 0.15) is 9.67 Å². The lowest BCUT2D eigenvalue weighted by molar-refractivity contribution is 0.103. The van der Waals surface area contributed by atoms with E-state index in [1.54, 1.807) is 4.68 Å². The van der Waals surface area contributed by atoms with Crippen LogP contribution in [0.25, 0.3) is 27.0 Å². The molecular formula is C24H16ClN3OS. The summed E-state index contributed by atoms with van der Waals surface area (Å²) in [4.78, 5) is 13.6. The van der Waals surface area contributed by atoms with E-state index in [1.807, 2.05) is 91.1 Å². The van der Waals surface area contributed by atoms with Gasteiger partial charge < -0.3 is 5.32 Å². The molecule has 30 heavy (non-hydrogen) atoms. The smallest absolute Gasteiger partial charge is 0.267 e. The zero-order valence-electron chi connectivity index (χ0n) is 15.7. The van der Waals surface area contributed by atoms with Gasteiger partial charge >= 0.3 is 0 Å². The highest BCUT2D eigenvalue weighted by molar-refractivity contribution is 7.21. The monoisotopic (exact) mass is 429 g/mol. The maximum atomic E-state index is 13.1. The summed E-state index contributed by atoms with van der Waals surface area (Å²) in [5.41, 5.74) is 3.16. The molecule has 0 atom stereocenters. The first-order chi connectivity index (χ1) is 14.7. The van der Waals surface area contributed by atoms with Gasteiger partial charge in [-0.2, -0.15) is 5.10 Å². The number of thiophene rings is 1. The number of nitrogens with one attached hydrogen (secondary N) is 1. The molecule has 2 heterocycles. The Balaban J connectivity index is 1.56. The summed E-state index contributed by atoms with van der Waals surface area (Å²) >= 11 is 7.89. The lowest BCUT2D eigenvalue weighted by atomic mass is 10.1.